The highest BCUT2D eigenvalue weighted by Crippen LogP contribution is 2.49. The Balaban J connectivity index is 0.000000183. The van der Waals surface area contributed by atoms with Gasteiger partial charge in [0.1, 0.15) is 34.9 Å². The molecule has 8 atom stereocenters. The van der Waals surface area contributed by atoms with E-state index in [-0.39, 0.29) is 65.2 Å². The number of H-pyrrole nitrogens is 2. The van der Waals surface area contributed by atoms with Gasteiger partial charge in [0.2, 0.25) is 11.8 Å². The first kappa shape index (κ1) is 53.0. The lowest BCUT2D eigenvalue weighted by atomic mass is 9.83. The number of rotatable bonds is 8. The highest BCUT2D eigenvalue weighted by atomic mass is 19.1. The minimum Gasteiger partial charge on any atom is -0.453 e. The predicted molar refractivity (Wildman–Crippen MR) is 277 cm³/mol. The molecular weight excluding hydrogens is 949 g/mol. The highest BCUT2D eigenvalue weighted by molar-refractivity contribution is 5.89. The van der Waals surface area contributed by atoms with Crippen LogP contribution in [0.15, 0.2) is 48.8 Å². The third-order valence-corrected chi connectivity index (χ3v) is 16.7. The van der Waals surface area contributed by atoms with E-state index >= 15 is 0 Å². The summed E-state index contributed by atoms with van der Waals surface area (Å²) in [5, 5.41) is 7.81. The van der Waals surface area contributed by atoms with Crippen LogP contribution in [-0.4, -0.2) is 123 Å². The normalized spacial score (nSPS) is 25.2. The van der Waals surface area contributed by atoms with E-state index < -0.39 is 41.6 Å². The lowest BCUT2D eigenvalue weighted by molar-refractivity contribution is -0.137. The molecule has 0 unspecified atom stereocenters. The Bertz CT molecular complexity index is 2680. The molecule has 2 aromatic heterocycles. The molecule has 0 bridgehead atoms. The van der Waals surface area contributed by atoms with E-state index in [0.29, 0.717) is 30.9 Å². The zero-order chi connectivity index (χ0) is 52.6. The highest BCUT2D eigenvalue weighted by Gasteiger charge is 2.55. The molecule has 3 saturated heterocycles. The summed E-state index contributed by atoms with van der Waals surface area (Å²) >= 11 is 0. The first-order valence-corrected chi connectivity index (χ1v) is 27.3. The van der Waals surface area contributed by atoms with E-state index in [2.05, 4.69) is 25.5 Å². The third kappa shape index (κ3) is 11.4. The van der Waals surface area contributed by atoms with Crippen molar-refractivity contribution in [2.45, 2.75) is 185 Å². The van der Waals surface area contributed by atoms with Crippen LogP contribution in [0.4, 0.5) is 23.2 Å². The maximum Gasteiger partial charge on any atom is 0.409 e. The number of alkyl carbamates (subject to hydrolysis) is 2. The smallest absolute Gasteiger partial charge is 0.409 e. The molecule has 3 saturated carbocycles. The van der Waals surface area contributed by atoms with Crippen LogP contribution in [0.25, 0.3) is 21.8 Å². The van der Waals surface area contributed by atoms with Gasteiger partial charge in [0, 0.05) is 71.7 Å². The number of carbonyl (C=O) groups is 5. The summed E-state index contributed by atoms with van der Waals surface area (Å²) < 4.78 is 43.8. The van der Waals surface area contributed by atoms with E-state index in [1.807, 2.05) is 44.1 Å². The number of ether oxygens (including phenoxy) is 3. The molecule has 402 valence electrons. The summed E-state index contributed by atoms with van der Waals surface area (Å²) in [6.45, 7) is 12.5. The van der Waals surface area contributed by atoms with Crippen molar-refractivity contribution in [3.63, 3.8) is 0 Å². The third-order valence-electron chi connectivity index (χ3n) is 16.7. The van der Waals surface area contributed by atoms with E-state index in [0.717, 1.165) is 105 Å². The Morgan fingerprint density at radius 1 is 0.595 bits per heavy atom. The van der Waals surface area contributed by atoms with Gasteiger partial charge in [0.05, 0.1) is 19.2 Å². The number of aromatic amines is 2. The first-order chi connectivity index (χ1) is 35.3. The molecular formula is C57H77F2N7O8. The van der Waals surface area contributed by atoms with Crippen molar-refractivity contribution in [1.82, 2.24) is 35.3 Å². The van der Waals surface area contributed by atoms with Crippen LogP contribution < -0.4 is 10.6 Å². The maximum absolute atomic E-state index is 14.3. The van der Waals surface area contributed by atoms with Gasteiger partial charge in [-0.3, -0.25) is 9.59 Å². The lowest BCUT2D eigenvalue weighted by Crippen LogP contribution is -2.55. The predicted octanol–water partition coefficient (Wildman–Crippen LogP) is 10.8. The van der Waals surface area contributed by atoms with Gasteiger partial charge < -0.3 is 49.5 Å². The van der Waals surface area contributed by atoms with E-state index in [4.69, 9.17) is 14.2 Å². The van der Waals surface area contributed by atoms with Crippen molar-refractivity contribution in [2.75, 3.05) is 26.7 Å². The SMILES string of the molecule is CC(C)(C)OC(=O)N[C@H](C(=O)N1CC[C@H]2CC[C@H](c3c[nH]c4cc(F)ccc34)[C@H]21)C1CCCCC1.COC(=O)N1C[C@H](c2c[nH]c3cc(F)ccc23)[C@@H]2[C@H]1CCN2C(=O)[C@@H](NC(=O)OC(C)(C)C)C1CCCCC1. The number of likely N-dealkylation sites (tertiary alicyclic amines) is 3. The Morgan fingerprint density at radius 2 is 1.07 bits per heavy atom. The average molecular weight is 1030 g/mol. The molecule has 17 heteroatoms. The second-order valence-corrected chi connectivity index (χ2v) is 23.8. The minimum absolute atomic E-state index is 0.0189. The Labute approximate surface area is 433 Å². The van der Waals surface area contributed by atoms with Crippen LogP contribution >= 0.6 is 0 Å². The van der Waals surface area contributed by atoms with Crippen molar-refractivity contribution in [3.05, 3.63) is 71.6 Å². The fourth-order valence-electron chi connectivity index (χ4n) is 13.6. The fraction of sp³-hybridized carbons (Fsp3) is 0.632. The van der Waals surface area contributed by atoms with Gasteiger partial charge in [-0.15, -0.1) is 0 Å². The quantitative estimate of drug-likeness (QED) is 0.126. The van der Waals surface area contributed by atoms with Gasteiger partial charge in [-0.05, 0) is 158 Å². The molecule has 3 aliphatic heterocycles. The Kier molecular flexibility index (Phi) is 15.6. The molecule has 3 aliphatic carbocycles. The Morgan fingerprint density at radius 3 is 1.55 bits per heavy atom. The van der Waals surface area contributed by atoms with Gasteiger partial charge in [-0.2, -0.15) is 0 Å². The summed E-state index contributed by atoms with van der Waals surface area (Å²) in [6.07, 6.45) is 16.1. The lowest BCUT2D eigenvalue weighted by Gasteiger charge is -2.36. The second-order valence-electron chi connectivity index (χ2n) is 23.8. The molecule has 4 aromatic rings. The molecule has 0 radical (unpaired) electrons. The number of fused-ring (bicyclic) bond motifs is 4. The van der Waals surface area contributed by atoms with Crippen molar-refractivity contribution in [3.8, 4) is 0 Å². The summed E-state index contributed by atoms with van der Waals surface area (Å²) in [5.74, 6) is -0.0653. The van der Waals surface area contributed by atoms with E-state index in [9.17, 15) is 32.8 Å². The standard InChI is InChI=1S/C29H39FN4O5.C28H38FN3O3/c1-29(2,3)39-27(36)32-24(17-8-6-5-7-9-17)26(35)33-13-12-23-25(33)21(16-34(23)28(37)38-4)20-15-31-22-14-18(30)10-11-19(20)22;1-28(2,3)35-27(34)31-24(17-7-5-4-6-8-17)26(33)32-14-13-18-9-11-21(25(18)32)22-16-30-23-15-19(29)10-12-20(22)23/h10-11,14-15,17,21,23-25,31H,5-9,12-13,16H2,1-4H3,(H,32,36);10,12,15-18,21,24-25,30H,4-9,11,13-14H2,1-3H3,(H,31,34)/t21-,23-,24+,25-;18-,21-,24+,25+/m11/s1. The van der Waals surface area contributed by atoms with Crippen molar-refractivity contribution in [2.24, 2.45) is 17.8 Å². The number of halogens is 2. The molecule has 5 heterocycles. The number of carbonyl (C=O) groups excluding carboxylic acids is 5. The van der Waals surface area contributed by atoms with Gasteiger partial charge in [-0.25, -0.2) is 23.2 Å². The van der Waals surface area contributed by atoms with Crippen LogP contribution in [0.3, 0.4) is 0 Å². The maximum atomic E-state index is 14.3. The molecule has 74 heavy (non-hydrogen) atoms. The van der Waals surface area contributed by atoms with E-state index in [1.54, 1.807) is 31.7 Å². The number of nitrogens with zero attached hydrogens (tertiary/aromatic N) is 3. The number of methoxy groups -OCH3 is 1. The Hall–Kier alpha value is -5.87. The number of amides is 5. The average Bonchev–Trinajstić information content (AvgIpc) is 4.23. The minimum atomic E-state index is -0.705. The number of benzene rings is 2. The molecule has 6 fully saturated rings. The van der Waals surface area contributed by atoms with Crippen LogP contribution in [-0.2, 0) is 23.8 Å². The fourth-order valence-corrected chi connectivity index (χ4v) is 13.6. The summed E-state index contributed by atoms with van der Waals surface area (Å²) in [6, 6.07) is 7.83. The summed E-state index contributed by atoms with van der Waals surface area (Å²) in [4.78, 5) is 78.8. The molecule has 4 N–H and O–H groups in total. The molecule has 2 aromatic carbocycles. The molecule has 5 amide bonds. The van der Waals surface area contributed by atoms with Crippen molar-refractivity contribution in [1.29, 1.82) is 0 Å². The zero-order valence-electron chi connectivity index (χ0n) is 44.3. The van der Waals surface area contributed by atoms with Gasteiger partial charge in [0.25, 0.3) is 0 Å². The number of aromatic nitrogens is 2. The van der Waals surface area contributed by atoms with Crippen LogP contribution in [0.2, 0.25) is 0 Å². The second kappa shape index (κ2) is 21.8. The van der Waals surface area contributed by atoms with E-state index in [1.165, 1.54) is 43.4 Å². The van der Waals surface area contributed by atoms with Gasteiger partial charge in [-0.1, -0.05) is 38.5 Å². The number of nitrogens with one attached hydrogen (secondary N) is 4. The van der Waals surface area contributed by atoms with Crippen LogP contribution in [0, 0.1) is 29.4 Å². The van der Waals surface area contributed by atoms with Gasteiger partial charge >= 0.3 is 18.3 Å². The summed E-state index contributed by atoms with van der Waals surface area (Å²) in [5.41, 5.74) is 2.26. The zero-order valence-corrected chi connectivity index (χ0v) is 44.3. The largest absolute Gasteiger partial charge is 0.453 e. The van der Waals surface area contributed by atoms with Gasteiger partial charge in [0.15, 0.2) is 0 Å². The molecule has 6 aliphatic rings. The number of hydrogen-bond donors (Lipinski definition) is 4. The monoisotopic (exact) mass is 1030 g/mol. The molecule has 0 spiro atoms. The van der Waals surface area contributed by atoms with Crippen LogP contribution in [0.5, 0.6) is 0 Å². The first-order valence-electron chi connectivity index (χ1n) is 27.3. The summed E-state index contributed by atoms with van der Waals surface area (Å²) in [7, 11) is 1.36. The van der Waals surface area contributed by atoms with Crippen molar-refractivity contribution < 1.29 is 47.0 Å². The number of hydrogen-bond acceptors (Lipinski definition) is 8. The van der Waals surface area contributed by atoms with Crippen molar-refractivity contribution >= 4 is 51.9 Å². The van der Waals surface area contributed by atoms with Crippen LogP contribution in [0.1, 0.15) is 154 Å². The molecule has 15 nitrogen and oxygen atoms in total. The molecule has 10 rings (SSSR count). The topological polar surface area (TPSA) is 178 Å².